The summed E-state index contributed by atoms with van der Waals surface area (Å²) in [5, 5.41) is 4.64. The molecule has 0 fully saturated rings. The molecule has 0 bridgehead atoms. The molecule has 0 N–H and O–H groups in total. The second-order valence-electron chi connectivity index (χ2n) is 12.6. The lowest BCUT2D eigenvalue weighted by Crippen LogP contribution is -1.99. The number of nitrogens with zero attached hydrogens (tertiary/aromatic N) is 4. The number of fused-ring (bicyclic) bond motifs is 6. The number of aromatic nitrogens is 4. The number of benzene rings is 7. The highest BCUT2D eigenvalue weighted by Gasteiger charge is 2.22. The first-order chi connectivity index (χ1) is 24.8. The van der Waals surface area contributed by atoms with Crippen LogP contribution < -0.4 is 0 Å². The quantitative estimate of drug-likeness (QED) is 0.188. The molecule has 0 saturated heterocycles. The number of rotatable bonds is 5. The molecule has 0 radical (unpaired) electrons. The summed E-state index contributed by atoms with van der Waals surface area (Å²) < 4.78 is 4.64. The van der Waals surface area contributed by atoms with Crippen LogP contribution in [0.5, 0.6) is 0 Å². The first kappa shape index (κ1) is 28.3. The molecule has 0 unspecified atom stereocenters. The van der Waals surface area contributed by atoms with Crippen molar-refractivity contribution in [2.45, 2.75) is 0 Å². The van der Waals surface area contributed by atoms with Crippen molar-refractivity contribution in [3.8, 4) is 45.1 Å². The van der Waals surface area contributed by atoms with Gasteiger partial charge in [0.05, 0.1) is 27.6 Å². The van der Waals surface area contributed by atoms with E-state index in [4.69, 9.17) is 9.97 Å². The van der Waals surface area contributed by atoms with E-state index in [1.165, 1.54) is 27.4 Å². The Morgan fingerprint density at radius 2 is 0.880 bits per heavy atom. The highest BCUT2D eigenvalue weighted by Crippen LogP contribution is 2.42. The lowest BCUT2D eigenvalue weighted by Gasteiger charge is -2.12. The summed E-state index contributed by atoms with van der Waals surface area (Å²) in [6.07, 6.45) is 0. The van der Waals surface area contributed by atoms with Gasteiger partial charge >= 0.3 is 0 Å². The molecule has 0 spiro atoms. The lowest BCUT2D eigenvalue weighted by molar-refractivity contribution is 1.11. The summed E-state index contributed by atoms with van der Waals surface area (Å²) >= 11 is 0. The van der Waals surface area contributed by atoms with Crippen molar-refractivity contribution >= 4 is 43.7 Å². The summed E-state index contributed by atoms with van der Waals surface area (Å²) in [4.78, 5) is 10.6. The van der Waals surface area contributed by atoms with Crippen LogP contribution in [0, 0.1) is 0 Å². The Labute approximate surface area is 289 Å². The highest BCUT2D eigenvalue weighted by molar-refractivity contribution is 6.17. The fourth-order valence-corrected chi connectivity index (χ4v) is 7.57. The highest BCUT2D eigenvalue weighted by atomic mass is 15.1. The van der Waals surface area contributed by atoms with Crippen LogP contribution in [0.25, 0.3) is 88.9 Å². The monoisotopic (exact) mass is 638 g/mol. The van der Waals surface area contributed by atoms with Crippen LogP contribution in [0.15, 0.2) is 182 Å². The molecule has 10 rings (SSSR count). The van der Waals surface area contributed by atoms with Crippen LogP contribution in [-0.2, 0) is 0 Å². The van der Waals surface area contributed by atoms with Crippen molar-refractivity contribution in [2.75, 3.05) is 0 Å². The molecule has 0 aliphatic heterocycles. The minimum absolute atomic E-state index is 0.700. The van der Waals surface area contributed by atoms with Crippen LogP contribution in [0.4, 0.5) is 0 Å². The van der Waals surface area contributed by atoms with Crippen molar-refractivity contribution in [2.24, 2.45) is 0 Å². The van der Waals surface area contributed by atoms with Crippen molar-refractivity contribution in [3.63, 3.8) is 0 Å². The number of hydrogen-bond donors (Lipinski definition) is 0. The summed E-state index contributed by atoms with van der Waals surface area (Å²) in [5.74, 6) is 0.700. The zero-order chi connectivity index (χ0) is 33.0. The minimum Gasteiger partial charge on any atom is -0.309 e. The Morgan fingerprint density at radius 3 is 1.60 bits per heavy atom. The molecule has 234 valence electrons. The van der Waals surface area contributed by atoms with Crippen LogP contribution in [0.2, 0.25) is 0 Å². The molecular formula is C46H30N4. The van der Waals surface area contributed by atoms with Gasteiger partial charge in [-0.15, -0.1) is 0 Å². The Kier molecular flexibility index (Phi) is 6.46. The Hall–Kier alpha value is -6.78. The average molecular weight is 639 g/mol. The van der Waals surface area contributed by atoms with Crippen molar-refractivity contribution in [1.29, 1.82) is 0 Å². The first-order valence-electron chi connectivity index (χ1n) is 16.9. The summed E-state index contributed by atoms with van der Waals surface area (Å²) in [7, 11) is 0. The van der Waals surface area contributed by atoms with Gasteiger partial charge in [0.15, 0.2) is 5.82 Å². The zero-order valence-corrected chi connectivity index (χ0v) is 27.1. The maximum Gasteiger partial charge on any atom is 0.162 e. The van der Waals surface area contributed by atoms with Gasteiger partial charge in [0, 0.05) is 38.7 Å². The Balaban J connectivity index is 1.26. The largest absolute Gasteiger partial charge is 0.309 e. The molecule has 3 aromatic heterocycles. The van der Waals surface area contributed by atoms with E-state index in [9.17, 15) is 0 Å². The average Bonchev–Trinajstić information content (AvgIpc) is 3.72. The molecule has 0 atom stereocenters. The number of hydrogen-bond acceptors (Lipinski definition) is 2. The van der Waals surface area contributed by atoms with E-state index < -0.39 is 0 Å². The molecule has 50 heavy (non-hydrogen) atoms. The smallest absolute Gasteiger partial charge is 0.162 e. The van der Waals surface area contributed by atoms with Crippen LogP contribution >= 0.6 is 0 Å². The van der Waals surface area contributed by atoms with Crippen molar-refractivity contribution < 1.29 is 0 Å². The third-order valence-electron chi connectivity index (χ3n) is 9.72. The van der Waals surface area contributed by atoms with E-state index in [1.54, 1.807) is 0 Å². The van der Waals surface area contributed by atoms with Crippen molar-refractivity contribution in [1.82, 2.24) is 19.1 Å². The van der Waals surface area contributed by atoms with E-state index in [1.807, 2.05) is 18.2 Å². The molecule has 0 amide bonds. The zero-order valence-electron chi connectivity index (χ0n) is 27.1. The molecule has 3 heterocycles. The normalized spacial score (nSPS) is 11.6. The second-order valence-corrected chi connectivity index (χ2v) is 12.6. The predicted octanol–water partition coefficient (Wildman–Crippen LogP) is 11.7. The summed E-state index contributed by atoms with van der Waals surface area (Å²) in [6.45, 7) is 0. The van der Waals surface area contributed by atoms with E-state index >= 15 is 0 Å². The van der Waals surface area contributed by atoms with Gasteiger partial charge in [-0.1, -0.05) is 133 Å². The maximum atomic E-state index is 5.36. The van der Waals surface area contributed by atoms with E-state index in [2.05, 4.69) is 173 Å². The first-order valence-corrected chi connectivity index (χ1v) is 16.9. The van der Waals surface area contributed by atoms with Gasteiger partial charge < -0.3 is 4.57 Å². The molecule has 0 aliphatic carbocycles. The molecule has 0 saturated carbocycles. The van der Waals surface area contributed by atoms with E-state index in [0.29, 0.717) is 5.82 Å². The second kappa shape index (κ2) is 11.4. The van der Waals surface area contributed by atoms with Gasteiger partial charge in [0.25, 0.3) is 0 Å². The fraction of sp³-hybridized carbons (Fsp3) is 0. The lowest BCUT2D eigenvalue weighted by atomic mass is 9.96. The van der Waals surface area contributed by atoms with E-state index in [0.717, 1.165) is 55.7 Å². The van der Waals surface area contributed by atoms with Gasteiger partial charge in [0.2, 0.25) is 0 Å². The number of para-hydroxylation sites is 4. The fourth-order valence-electron chi connectivity index (χ4n) is 7.57. The molecule has 4 nitrogen and oxygen atoms in total. The predicted molar refractivity (Wildman–Crippen MR) is 207 cm³/mol. The Bertz CT molecular complexity index is 2850. The van der Waals surface area contributed by atoms with Crippen LogP contribution in [0.1, 0.15) is 0 Å². The topological polar surface area (TPSA) is 35.6 Å². The third kappa shape index (κ3) is 4.39. The molecular weight excluding hydrogens is 609 g/mol. The van der Waals surface area contributed by atoms with Crippen LogP contribution in [0.3, 0.4) is 0 Å². The van der Waals surface area contributed by atoms with Gasteiger partial charge in [-0.3, -0.25) is 4.57 Å². The van der Waals surface area contributed by atoms with Gasteiger partial charge in [-0.05, 0) is 59.7 Å². The van der Waals surface area contributed by atoms with Crippen molar-refractivity contribution in [3.05, 3.63) is 182 Å². The molecule has 10 aromatic rings. The standard InChI is InChI=1S/C46H30N4/c1-4-16-31(17-5-1)45-47-44(43-38-25-11-13-28-40(38)50(46(43)48-45)35-22-8-3-9-23-35)33-19-14-18-32(30-33)36-26-15-29-41-42(36)37-24-10-12-27-39(37)49(41)34-20-6-2-7-21-34/h1-30H. The van der Waals surface area contributed by atoms with Gasteiger partial charge in [0.1, 0.15) is 5.65 Å². The van der Waals surface area contributed by atoms with Crippen LogP contribution in [-0.4, -0.2) is 19.1 Å². The molecule has 7 aromatic carbocycles. The third-order valence-corrected chi connectivity index (χ3v) is 9.72. The molecule has 0 aliphatic rings. The molecule has 4 heteroatoms. The summed E-state index contributed by atoms with van der Waals surface area (Å²) in [6, 6.07) is 64.2. The SMILES string of the molecule is c1ccc(-c2nc(-c3cccc(-c4cccc5c4c4ccccc4n5-c4ccccc4)c3)c3c4ccccc4n(-c4ccccc4)c3n2)cc1. The van der Waals surface area contributed by atoms with Gasteiger partial charge in [-0.25, -0.2) is 9.97 Å². The maximum absolute atomic E-state index is 5.36. The van der Waals surface area contributed by atoms with Gasteiger partial charge in [-0.2, -0.15) is 0 Å². The Morgan fingerprint density at radius 1 is 0.360 bits per heavy atom. The minimum atomic E-state index is 0.700. The van der Waals surface area contributed by atoms with E-state index in [-0.39, 0.29) is 0 Å². The summed E-state index contributed by atoms with van der Waals surface area (Å²) in [5.41, 5.74) is 11.9.